The van der Waals surface area contributed by atoms with Crippen molar-refractivity contribution in [2.45, 2.75) is 33.7 Å². The summed E-state index contributed by atoms with van der Waals surface area (Å²) in [6, 6.07) is 12.6. The summed E-state index contributed by atoms with van der Waals surface area (Å²) in [6.07, 6.45) is 1.51. The van der Waals surface area contributed by atoms with Crippen molar-refractivity contribution in [2.24, 2.45) is 0 Å². The lowest BCUT2D eigenvalue weighted by Crippen LogP contribution is -2.35. The predicted molar refractivity (Wildman–Crippen MR) is 106 cm³/mol. The maximum atomic E-state index is 12.6. The SMILES string of the molecule is Cc1ccc(-c2cnn([C@H](C)C(=O)Nc3cccc(C)c3C)c(=O)n2)cc1. The van der Waals surface area contributed by atoms with Gasteiger partial charge in [0, 0.05) is 11.3 Å². The van der Waals surface area contributed by atoms with Crippen molar-refractivity contribution in [1.29, 1.82) is 0 Å². The van der Waals surface area contributed by atoms with Crippen LogP contribution in [0.25, 0.3) is 11.3 Å². The highest BCUT2D eigenvalue weighted by Gasteiger charge is 2.19. The summed E-state index contributed by atoms with van der Waals surface area (Å²) in [5, 5.41) is 7.02. The van der Waals surface area contributed by atoms with Crippen LogP contribution in [0.3, 0.4) is 0 Å². The van der Waals surface area contributed by atoms with E-state index < -0.39 is 11.7 Å². The third-order valence-corrected chi connectivity index (χ3v) is 4.67. The molecule has 0 aliphatic heterocycles. The van der Waals surface area contributed by atoms with Crippen LogP contribution in [0.15, 0.2) is 53.5 Å². The second kappa shape index (κ2) is 7.53. The van der Waals surface area contributed by atoms with E-state index in [0.717, 1.165) is 32.6 Å². The van der Waals surface area contributed by atoms with Gasteiger partial charge in [-0.15, -0.1) is 0 Å². The molecule has 0 unspecified atom stereocenters. The Kier molecular flexibility index (Phi) is 5.16. The number of aryl methyl sites for hydroxylation is 2. The zero-order valence-corrected chi connectivity index (χ0v) is 15.9. The van der Waals surface area contributed by atoms with E-state index in [1.165, 1.54) is 6.20 Å². The van der Waals surface area contributed by atoms with Gasteiger partial charge in [0.2, 0.25) is 5.91 Å². The fourth-order valence-corrected chi connectivity index (χ4v) is 2.71. The minimum absolute atomic E-state index is 0.316. The van der Waals surface area contributed by atoms with Gasteiger partial charge in [0.25, 0.3) is 0 Å². The van der Waals surface area contributed by atoms with Gasteiger partial charge < -0.3 is 5.32 Å². The van der Waals surface area contributed by atoms with Gasteiger partial charge in [0.05, 0.1) is 11.9 Å². The van der Waals surface area contributed by atoms with E-state index in [1.807, 2.05) is 63.2 Å². The minimum Gasteiger partial charge on any atom is -0.324 e. The molecular weight excluding hydrogens is 340 g/mol. The van der Waals surface area contributed by atoms with Crippen molar-refractivity contribution in [3.8, 4) is 11.3 Å². The fraction of sp³-hybridized carbons (Fsp3) is 0.238. The molecule has 0 radical (unpaired) electrons. The van der Waals surface area contributed by atoms with Gasteiger partial charge in [-0.1, -0.05) is 42.0 Å². The van der Waals surface area contributed by atoms with Gasteiger partial charge in [0.1, 0.15) is 6.04 Å². The van der Waals surface area contributed by atoms with E-state index in [1.54, 1.807) is 6.92 Å². The first-order valence-electron chi connectivity index (χ1n) is 8.77. The predicted octanol–water partition coefficient (Wildman–Crippen LogP) is 3.43. The smallest absolute Gasteiger partial charge is 0.324 e. The van der Waals surface area contributed by atoms with Gasteiger partial charge in [-0.05, 0) is 44.9 Å². The van der Waals surface area contributed by atoms with Crippen LogP contribution in [0.5, 0.6) is 0 Å². The van der Waals surface area contributed by atoms with Crippen molar-refractivity contribution < 1.29 is 4.79 Å². The summed E-state index contributed by atoms with van der Waals surface area (Å²) in [7, 11) is 0. The van der Waals surface area contributed by atoms with Crippen molar-refractivity contribution in [3.63, 3.8) is 0 Å². The molecule has 0 saturated heterocycles. The first-order chi connectivity index (χ1) is 12.9. The molecule has 0 aliphatic rings. The molecule has 1 aromatic heterocycles. The number of hydrogen-bond donors (Lipinski definition) is 1. The third-order valence-electron chi connectivity index (χ3n) is 4.67. The van der Waals surface area contributed by atoms with E-state index in [2.05, 4.69) is 15.4 Å². The summed E-state index contributed by atoms with van der Waals surface area (Å²) < 4.78 is 1.10. The van der Waals surface area contributed by atoms with E-state index in [-0.39, 0.29) is 5.91 Å². The van der Waals surface area contributed by atoms with Crippen molar-refractivity contribution >= 4 is 11.6 Å². The van der Waals surface area contributed by atoms with Crippen LogP contribution >= 0.6 is 0 Å². The second-order valence-corrected chi connectivity index (χ2v) is 6.65. The van der Waals surface area contributed by atoms with Crippen LogP contribution < -0.4 is 11.0 Å². The van der Waals surface area contributed by atoms with Crippen LogP contribution in [0.4, 0.5) is 5.69 Å². The zero-order valence-electron chi connectivity index (χ0n) is 15.9. The maximum Gasteiger partial charge on any atom is 0.365 e. The zero-order chi connectivity index (χ0) is 19.6. The average Bonchev–Trinajstić information content (AvgIpc) is 2.65. The number of nitrogens with zero attached hydrogens (tertiary/aromatic N) is 3. The Morgan fingerprint density at radius 1 is 1.07 bits per heavy atom. The number of hydrogen-bond acceptors (Lipinski definition) is 4. The van der Waals surface area contributed by atoms with Crippen LogP contribution in [0.1, 0.15) is 29.7 Å². The number of anilines is 1. The number of aromatic nitrogens is 3. The average molecular weight is 362 g/mol. The largest absolute Gasteiger partial charge is 0.365 e. The fourth-order valence-electron chi connectivity index (χ4n) is 2.71. The summed E-state index contributed by atoms with van der Waals surface area (Å²) in [6.45, 7) is 7.54. The van der Waals surface area contributed by atoms with Crippen molar-refractivity contribution in [1.82, 2.24) is 14.8 Å². The molecule has 1 amide bonds. The van der Waals surface area contributed by atoms with E-state index in [0.29, 0.717) is 5.69 Å². The Bertz CT molecular complexity index is 1040. The van der Waals surface area contributed by atoms with Crippen LogP contribution in [0, 0.1) is 20.8 Å². The molecule has 1 N–H and O–H groups in total. The maximum absolute atomic E-state index is 12.6. The molecule has 3 aromatic rings. The van der Waals surface area contributed by atoms with E-state index in [9.17, 15) is 9.59 Å². The molecule has 0 saturated carbocycles. The van der Waals surface area contributed by atoms with Crippen LogP contribution in [-0.4, -0.2) is 20.7 Å². The topological polar surface area (TPSA) is 76.9 Å². The molecule has 3 rings (SSSR count). The molecule has 0 bridgehead atoms. The van der Waals surface area contributed by atoms with Crippen LogP contribution in [0.2, 0.25) is 0 Å². The molecule has 138 valence electrons. The standard InChI is InChI=1S/C21H22N4O2/c1-13-8-10-17(11-9-13)19-12-22-25(21(27)24-19)16(4)20(26)23-18-7-5-6-14(2)15(18)3/h5-12,16H,1-4H3,(H,23,26)/t16-/m1/s1. The quantitative estimate of drug-likeness (QED) is 0.771. The van der Waals surface area contributed by atoms with Crippen LogP contribution in [-0.2, 0) is 4.79 Å². The second-order valence-electron chi connectivity index (χ2n) is 6.65. The lowest BCUT2D eigenvalue weighted by molar-refractivity contribution is -0.119. The molecular formula is C21H22N4O2. The van der Waals surface area contributed by atoms with Gasteiger partial charge in [-0.25, -0.2) is 9.48 Å². The number of benzene rings is 2. The summed E-state index contributed by atoms with van der Waals surface area (Å²) >= 11 is 0. The normalized spacial score (nSPS) is 11.9. The minimum atomic E-state index is -0.781. The number of amides is 1. The van der Waals surface area contributed by atoms with Gasteiger partial charge in [-0.3, -0.25) is 4.79 Å². The Balaban J connectivity index is 1.83. The van der Waals surface area contributed by atoms with Crippen molar-refractivity contribution in [3.05, 3.63) is 75.8 Å². The molecule has 2 aromatic carbocycles. The molecule has 1 heterocycles. The highest BCUT2D eigenvalue weighted by atomic mass is 16.2. The Morgan fingerprint density at radius 3 is 2.44 bits per heavy atom. The lowest BCUT2D eigenvalue weighted by atomic mass is 10.1. The number of carbonyl (C=O) groups is 1. The van der Waals surface area contributed by atoms with Crippen molar-refractivity contribution in [2.75, 3.05) is 5.32 Å². The van der Waals surface area contributed by atoms with Gasteiger partial charge in [-0.2, -0.15) is 10.1 Å². The summed E-state index contributed by atoms with van der Waals surface area (Å²) in [4.78, 5) is 29.1. The monoisotopic (exact) mass is 362 g/mol. The van der Waals surface area contributed by atoms with Gasteiger partial charge in [0.15, 0.2) is 0 Å². The highest BCUT2D eigenvalue weighted by molar-refractivity contribution is 5.94. The molecule has 0 fully saturated rings. The molecule has 6 nitrogen and oxygen atoms in total. The van der Waals surface area contributed by atoms with Gasteiger partial charge >= 0.3 is 5.69 Å². The molecule has 0 aliphatic carbocycles. The van der Waals surface area contributed by atoms with E-state index in [4.69, 9.17) is 0 Å². The molecule has 1 atom stereocenters. The molecule has 0 spiro atoms. The number of rotatable bonds is 4. The molecule has 6 heteroatoms. The molecule has 27 heavy (non-hydrogen) atoms. The Hall–Kier alpha value is -3.28. The first kappa shape index (κ1) is 18.5. The lowest BCUT2D eigenvalue weighted by Gasteiger charge is -2.15. The summed E-state index contributed by atoms with van der Waals surface area (Å²) in [5.74, 6) is -0.316. The Labute approximate surface area is 157 Å². The highest BCUT2D eigenvalue weighted by Crippen LogP contribution is 2.19. The van der Waals surface area contributed by atoms with E-state index >= 15 is 0 Å². The number of carbonyl (C=O) groups excluding carboxylic acids is 1. The Morgan fingerprint density at radius 2 is 1.78 bits per heavy atom. The third kappa shape index (κ3) is 3.95. The number of nitrogens with one attached hydrogen (secondary N) is 1. The first-order valence-corrected chi connectivity index (χ1v) is 8.77. The summed E-state index contributed by atoms with van der Waals surface area (Å²) in [5.41, 5.74) is 4.66.